The molecule has 0 aliphatic carbocycles. The summed E-state index contributed by atoms with van der Waals surface area (Å²) in [5.41, 5.74) is 4.85. The Balaban J connectivity index is 2.35. The Bertz CT molecular complexity index is 354. The molecule has 5 atom stereocenters. The topological polar surface area (TPSA) is 86.7 Å². The summed E-state index contributed by atoms with van der Waals surface area (Å²) in [7, 11) is 1.53. The molecular formula is C11H18N2O4. The van der Waals surface area contributed by atoms with Crippen molar-refractivity contribution in [1.82, 2.24) is 0 Å². The Labute approximate surface area is 101 Å². The highest BCUT2D eigenvalue weighted by molar-refractivity contribution is 5.20. The fraction of sp³-hybridized carbons (Fsp3) is 0.909. The van der Waals surface area contributed by atoms with Crippen LogP contribution in [0.3, 0.4) is 0 Å². The number of nitriles is 1. The van der Waals surface area contributed by atoms with Gasteiger partial charge in [0.05, 0.1) is 12.2 Å². The number of methoxy groups -OCH3 is 1. The van der Waals surface area contributed by atoms with Crippen molar-refractivity contribution in [2.45, 2.75) is 56.7 Å². The molecule has 2 N–H and O–H groups in total. The van der Waals surface area contributed by atoms with Gasteiger partial charge < -0.3 is 24.7 Å². The Kier molecular flexibility index (Phi) is 2.92. The smallest absolute Gasteiger partial charge is 0.186 e. The molecule has 0 spiro atoms. The summed E-state index contributed by atoms with van der Waals surface area (Å²) in [6.07, 6.45) is -2.11. The molecule has 0 amide bonds. The van der Waals surface area contributed by atoms with E-state index in [1.165, 1.54) is 7.11 Å². The first-order chi connectivity index (χ1) is 7.84. The Morgan fingerprint density at radius 2 is 2.00 bits per heavy atom. The maximum atomic E-state index is 9.27. The van der Waals surface area contributed by atoms with Crippen molar-refractivity contribution in [3.05, 3.63) is 0 Å². The molecule has 2 aliphatic rings. The first-order valence-corrected chi connectivity index (χ1v) is 5.58. The van der Waals surface area contributed by atoms with Crippen LogP contribution in [0.4, 0.5) is 0 Å². The SMILES string of the molecule is CO[C@@H]1O[C@H](C)[C@](N)(C#N)[C@H]2OC(C)(C)O[C@@H]12. The summed E-state index contributed by atoms with van der Waals surface area (Å²) in [5, 5.41) is 9.27. The molecule has 17 heavy (non-hydrogen) atoms. The van der Waals surface area contributed by atoms with Gasteiger partial charge in [0.25, 0.3) is 0 Å². The van der Waals surface area contributed by atoms with Crippen LogP contribution in [0.2, 0.25) is 0 Å². The molecule has 96 valence electrons. The Morgan fingerprint density at radius 1 is 1.35 bits per heavy atom. The molecule has 2 rings (SSSR count). The number of nitrogens with two attached hydrogens (primary N) is 1. The molecule has 2 aliphatic heterocycles. The predicted octanol–water partition coefficient (Wildman–Crippen LogP) is 0.119. The molecule has 6 nitrogen and oxygen atoms in total. The van der Waals surface area contributed by atoms with Crippen LogP contribution in [0.5, 0.6) is 0 Å². The number of ether oxygens (including phenoxy) is 4. The number of rotatable bonds is 1. The number of hydrogen-bond acceptors (Lipinski definition) is 6. The Morgan fingerprint density at radius 3 is 2.53 bits per heavy atom. The number of fused-ring (bicyclic) bond motifs is 1. The lowest BCUT2D eigenvalue weighted by Crippen LogP contribution is -2.68. The van der Waals surface area contributed by atoms with Crippen LogP contribution >= 0.6 is 0 Å². The Hall–Kier alpha value is -0.710. The molecule has 0 aromatic rings. The van der Waals surface area contributed by atoms with Crippen molar-refractivity contribution in [2.24, 2.45) is 5.73 Å². The molecule has 2 fully saturated rings. The van der Waals surface area contributed by atoms with E-state index in [1.807, 2.05) is 0 Å². The third kappa shape index (κ3) is 1.84. The highest BCUT2D eigenvalue weighted by Gasteiger charge is 2.61. The fourth-order valence-corrected chi connectivity index (χ4v) is 2.32. The van der Waals surface area contributed by atoms with Crippen LogP contribution in [0.15, 0.2) is 0 Å². The molecule has 2 heterocycles. The van der Waals surface area contributed by atoms with Gasteiger partial charge in [-0.3, -0.25) is 0 Å². The van der Waals surface area contributed by atoms with E-state index in [0.717, 1.165) is 0 Å². The standard InChI is InChI=1S/C11H18N2O4/c1-6-11(13,5-12)8-7(9(14-4)15-6)16-10(2,3)17-8/h6-9H,13H2,1-4H3/t6-,7-,8+,9-,11-/m1/s1. The number of nitrogens with zero attached hydrogens (tertiary/aromatic N) is 1. The molecular weight excluding hydrogens is 224 g/mol. The van der Waals surface area contributed by atoms with Gasteiger partial charge in [0.1, 0.15) is 12.2 Å². The monoisotopic (exact) mass is 242 g/mol. The summed E-state index contributed by atoms with van der Waals surface area (Å²) < 4.78 is 22.2. The lowest BCUT2D eigenvalue weighted by Gasteiger charge is -2.43. The van der Waals surface area contributed by atoms with Gasteiger partial charge in [0, 0.05) is 7.11 Å². The zero-order valence-corrected chi connectivity index (χ0v) is 10.5. The molecule has 0 bridgehead atoms. The van der Waals surface area contributed by atoms with Gasteiger partial charge in [0.2, 0.25) is 0 Å². The van der Waals surface area contributed by atoms with E-state index in [-0.39, 0.29) is 0 Å². The van der Waals surface area contributed by atoms with Gasteiger partial charge in [-0.2, -0.15) is 5.26 Å². The first kappa shape index (κ1) is 12.7. The van der Waals surface area contributed by atoms with Crippen LogP contribution in [-0.4, -0.2) is 43.0 Å². The highest BCUT2D eigenvalue weighted by Crippen LogP contribution is 2.41. The minimum Gasteiger partial charge on any atom is -0.353 e. The van der Waals surface area contributed by atoms with E-state index in [9.17, 15) is 5.26 Å². The zero-order chi connectivity index (χ0) is 12.8. The van der Waals surface area contributed by atoms with Crippen LogP contribution in [0, 0.1) is 11.3 Å². The second-order valence-electron chi connectivity index (χ2n) is 4.95. The lowest BCUT2D eigenvalue weighted by molar-refractivity contribution is -0.250. The summed E-state index contributed by atoms with van der Waals surface area (Å²) in [4.78, 5) is 0. The van der Waals surface area contributed by atoms with E-state index in [0.29, 0.717) is 0 Å². The summed E-state index contributed by atoms with van der Waals surface area (Å²) in [6, 6.07) is 2.08. The van der Waals surface area contributed by atoms with Gasteiger partial charge in [-0.15, -0.1) is 0 Å². The van der Waals surface area contributed by atoms with Crippen LogP contribution in [-0.2, 0) is 18.9 Å². The molecule has 0 unspecified atom stereocenters. The highest BCUT2D eigenvalue weighted by atomic mass is 16.8. The van der Waals surface area contributed by atoms with Crippen molar-refractivity contribution in [3.8, 4) is 6.07 Å². The molecule has 0 saturated carbocycles. The average Bonchev–Trinajstić information content (AvgIpc) is 2.60. The fourth-order valence-electron chi connectivity index (χ4n) is 2.32. The lowest BCUT2D eigenvalue weighted by atomic mass is 9.83. The van der Waals surface area contributed by atoms with Crippen molar-refractivity contribution < 1.29 is 18.9 Å². The van der Waals surface area contributed by atoms with Gasteiger partial charge >= 0.3 is 0 Å². The second-order valence-corrected chi connectivity index (χ2v) is 4.95. The van der Waals surface area contributed by atoms with Gasteiger partial charge in [0.15, 0.2) is 17.6 Å². The van der Waals surface area contributed by atoms with Crippen molar-refractivity contribution in [2.75, 3.05) is 7.11 Å². The van der Waals surface area contributed by atoms with Gasteiger partial charge in [-0.25, -0.2) is 0 Å². The minimum atomic E-state index is -1.23. The van der Waals surface area contributed by atoms with E-state index in [4.69, 9.17) is 24.7 Å². The van der Waals surface area contributed by atoms with E-state index < -0.39 is 35.9 Å². The average molecular weight is 242 g/mol. The molecule has 6 heteroatoms. The van der Waals surface area contributed by atoms with E-state index in [2.05, 4.69) is 6.07 Å². The normalized spacial score (nSPS) is 48.5. The van der Waals surface area contributed by atoms with Crippen molar-refractivity contribution >= 4 is 0 Å². The molecule has 0 radical (unpaired) electrons. The van der Waals surface area contributed by atoms with E-state index in [1.54, 1.807) is 20.8 Å². The van der Waals surface area contributed by atoms with Crippen LogP contribution < -0.4 is 5.73 Å². The third-order valence-corrected chi connectivity index (χ3v) is 3.30. The van der Waals surface area contributed by atoms with Crippen molar-refractivity contribution in [3.63, 3.8) is 0 Å². The molecule has 0 aromatic carbocycles. The van der Waals surface area contributed by atoms with Gasteiger partial charge in [-0.1, -0.05) is 0 Å². The maximum Gasteiger partial charge on any atom is 0.186 e. The van der Waals surface area contributed by atoms with E-state index >= 15 is 0 Å². The van der Waals surface area contributed by atoms with Crippen LogP contribution in [0.1, 0.15) is 20.8 Å². The van der Waals surface area contributed by atoms with Gasteiger partial charge in [-0.05, 0) is 20.8 Å². The zero-order valence-electron chi connectivity index (χ0n) is 10.5. The first-order valence-electron chi connectivity index (χ1n) is 5.58. The largest absolute Gasteiger partial charge is 0.353 e. The maximum absolute atomic E-state index is 9.27. The summed E-state index contributed by atoms with van der Waals surface area (Å²) >= 11 is 0. The number of hydrogen-bond donors (Lipinski definition) is 1. The molecule has 2 saturated heterocycles. The van der Waals surface area contributed by atoms with Crippen molar-refractivity contribution in [1.29, 1.82) is 5.26 Å². The predicted molar refractivity (Wildman–Crippen MR) is 57.7 cm³/mol. The third-order valence-electron chi connectivity index (χ3n) is 3.30. The summed E-state index contributed by atoms with van der Waals surface area (Å²) in [6.45, 7) is 5.29. The minimum absolute atomic E-state index is 0.490. The quantitative estimate of drug-likeness (QED) is 0.702. The van der Waals surface area contributed by atoms with Crippen LogP contribution in [0.25, 0.3) is 0 Å². The second kappa shape index (κ2) is 3.90. The molecule has 0 aromatic heterocycles. The summed E-state index contributed by atoms with van der Waals surface area (Å²) in [5.74, 6) is -0.791.